The number of rotatable bonds is 5. The Kier molecular flexibility index (Phi) is 5.59. The lowest BCUT2D eigenvalue weighted by molar-refractivity contribution is 0.765. The van der Waals surface area contributed by atoms with Gasteiger partial charge in [0.25, 0.3) is 5.56 Å². The van der Waals surface area contributed by atoms with Gasteiger partial charge in [0.2, 0.25) is 0 Å². The van der Waals surface area contributed by atoms with Gasteiger partial charge in [0.05, 0.1) is 16.8 Å². The lowest BCUT2D eigenvalue weighted by atomic mass is 10.0. The Bertz CT molecular complexity index is 1510. The second-order valence-corrected chi connectivity index (χ2v) is 10.1. The molecule has 1 aromatic carbocycles. The highest BCUT2D eigenvalue weighted by atomic mass is 32.2. The lowest BCUT2D eigenvalue weighted by Crippen LogP contribution is -2.11. The van der Waals surface area contributed by atoms with E-state index in [0.29, 0.717) is 22.8 Å². The first-order valence-electron chi connectivity index (χ1n) is 10.5. The van der Waals surface area contributed by atoms with E-state index < -0.39 is 0 Å². The Morgan fingerprint density at radius 3 is 2.48 bits per heavy atom. The molecule has 1 N–H and O–H groups in total. The van der Waals surface area contributed by atoms with Crippen molar-refractivity contribution in [3.8, 4) is 16.9 Å². The van der Waals surface area contributed by atoms with Gasteiger partial charge in [0.1, 0.15) is 15.7 Å². The molecule has 7 nitrogen and oxygen atoms in total. The molecule has 33 heavy (non-hydrogen) atoms. The standard InChI is InChI=1S/C24H22N6OS2/c1-13-5-7-17(8-6-13)21-16(4)33-24-22(21)23(31)25-18(26-24)12-32-20-10-9-19(27-28-20)30-15(3)11-14(2)29-30/h5-11H,12H2,1-4H3,(H,25,26,31). The van der Waals surface area contributed by atoms with Gasteiger partial charge < -0.3 is 4.98 Å². The van der Waals surface area contributed by atoms with E-state index in [-0.39, 0.29) is 5.56 Å². The fourth-order valence-corrected chi connectivity index (χ4v) is 5.55. The van der Waals surface area contributed by atoms with Crippen LogP contribution < -0.4 is 5.56 Å². The number of aromatic amines is 1. The van der Waals surface area contributed by atoms with Crippen molar-refractivity contribution in [1.82, 2.24) is 29.9 Å². The number of nitrogens with zero attached hydrogens (tertiary/aromatic N) is 5. The van der Waals surface area contributed by atoms with E-state index in [9.17, 15) is 4.79 Å². The molecule has 0 unspecified atom stereocenters. The summed E-state index contributed by atoms with van der Waals surface area (Å²) < 4.78 is 1.77. The van der Waals surface area contributed by atoms with Crippen molar-refractivity contribution < 1.29 is 0 Å². The summed E-state index contributed by atoms with van der Waals surface area (Å²) in [6.07, 6.45) is 0. The quantitative estimate of drug-likeness (QED) is 0.354. The van der Waals surface area contributed by atoms with Crippen molar-refractivity contribution >= 4 is 33.3 Å². The maximum atomic E-state index is 13.0. The number of fused-ring (bicyclic) bond motifs is 1. The maximum Gasteiger partial charge on any atom is 0.260 e. The summed E-state index contributed by atoms with van der Waals surface area (Å²) in [5.74, 6) is 1.80. The molecule has 0 aliphatic heterocycles. The number of thiophene rings is 1. The van der Waals surface area contributed by atoms with E-state index in [1.807, 2.05) is 39.0 Å². The predicted molar refractivity (Wildman–Crippen MR) is 133 cm³/mol. The highest BCUT2D eigenvalue weighted by molar-refractivity contribution is 7.98. The summed E-state index contributed by atoms with van der Waals surface area (Å²) in [5, 5.41) is 14.5. The molecular formula is C24H22N6OS2. The van der Waals surface area contributed by atoms with Crippen molar-refractivity contribution in [2.45, 2.75) is 38.5 Å². The van der Waals surface area contributed by atoms with Crippen LogP contribution in [0.5, 0.6) is 0 Å². The Balaban J connectivity index is 1.38. The average Bonchev–Trinajstić information content (AvgIpc) is 3.31. The third-order valence-electron chi connectivity index (χ3n) is 5.34. The highest BCUT2D eigenvalue weighted by Gasteiger charge is 2.17. The van der Waals surface area contributed by atoms with Gasteiger partial charge in [-0.2, -0.15) is 5.10 Å². The molecule has 0 spiro atoms. The van der Waals surface area contributed by atoms with Crippen LogP contribution in [0.1, 0.15) is 27.7 Å². The Labute approximate surface area is 198 Å². The van der Waals surface area contributed by atoms with Crippen molar-refractivity contribution in [2.75, 3.05) is 0 Å². The summed E-state index contributed by atoms with van der Waals surface area (Å²) in [6.45, 7) is 8.02. The Morgan fingerprint density at radius 2 is 1.82 bits per heavy atom. The second kappa shape index (κ2) is 8.57. The van der Waals surface area contributed by atoms with Crippen LogP contribution in [0, 0.1) is 27.7 Å². The van der Waals surface area contributed by atoms with E-state index >= 15 is 0 Å². The zero-order chi connectivity index (χ0) is 23.1. The predicted octanol–water partition coefficient (Wildman–Crippen LogP) is 5.15. The molecule has 0 fully saturated rings. The molecule has 4 aromatic heterocycles. The average molecular weight is 475 g/mol. The van der Waals surface area contributed by atoms with E-state index in [0.717, 1.165) is 37.2 Å². The minimum absolute atomic E-state index is 0.110. The molecule has 5 aromatic rings. The van der Waals surface area contributed by atoms with Crippen molar-refractivity contribution in [3.63, 3.8) is 0 Å². The van der Waals surface area contributed by atoms with Gasteiger partial charge in [-0.3, -0.25) is 4.79 Å². The van der Waals surface area contributed by atoms with Gasteiger partial charge in [-0.25, -0.2) is 9.67 Å². The third-order valence-corrected chi connectivity index (χ3v) is 7.27. The largest absolute Gasteiger partial charge is 0.309 e. The monoisotopic (exact) mass is 474 g/mol. The molecule has 0 amide bonds. The first-order valence-corrected chi connectivity index (χ1v) is 12.3. The van der Waals surface area contributed by atoms with E-state index in [1.165, 1.54) is 17.3 Å². The first kappa shape index (κ1) is 21.5. The van der Waals surface area contributed by atoms with Gasteiger partial charge in [-0.05, 0) is 51.5 Å². The molecule has 0 atom stereocenters. The van der Waals surface area contributed by atoms with E-state index in [1.54, 1.807) is 16.0 Å². The van der Waals surface area contributed by atoms with Crippen molar-refractivity contribution in [1.29, 1.82) is 0 Å². The summed E-state index contributed by atoms with van der Waals surface area (Å²) >= 11 is 3.03. The summed E-state index contributed by atoms with van der Waals surface area (Å²) in [6, 6.07) is 14.0. The van der Waals surface area contributed by atoms with Crippen molar-refractivity contribution in [2.24, 2.45) is 0 Å². The molecule has 0 radical (unpaired) electrons. The molecule has 9 heteroatoms. The van der Waals surface area contributed by atoms with Crippen LogP contribution >= 0.6 is 23.1 Å². The van der Waals surface area contributed by atoms with Crippen LogP contribution in [0.3, 0.4) is 0 Å². The highest BCUT2D eigenvalue weighted by Crippen LogP contribution is 2.35. The summed E-state index contributed by atoms with van der Waals surface area (Å²) in [4.78, 5) is 22.5. The fourth-order valence-electron chi connectivity index (χ4n) is 3.81. The SMILES string of the molecule is Cc1ccc(-c2c(C)sc3nc(CSc4ccc(-n5nc(C)cc5C)nn4)[nH]c(=O)c23)cc1. The fraction of sp³-hybridized carbons (Fsp3) is 0.208. The molecule has 4 heterocycles. The van der Waals surface area contributed by atoms with Gasteiger partial charge in [-0.15, -0.1) is 21.5 Å². The topological polar surface area (TPSA) is 89.3 Å². The minimum atomic E-state index is -0.110. The number of aryl methyl sites for hydroxylation is 4. The van der Waals surface area contributed by atoms with Gasteiger partial charge in [0, 0.05) is 16.1 Å². The smallest absolute Gasteiger partial charge is 0.260 e. The second-order valence-electron chi connectivity index (χ2n) is 7.95. The van der Waals surface area contributed by atoms with Crippen molar-refractivity contribution in [3.05, 3.63) is 80.5 Å². The normalized spacial score (nSPS) is 11.4. The molecule has 0 aliphatic rings. The van der Waals surface area contributed by atoms with Crippen LogP contribution in [-0.4, -0.2) is 29.9 Å². The number of hydrogen-bond acceptors (Lipinski definition) is 7. The zero-order valence-electron chi connectivity index (χ0n) is 18.7. The minimum Gasteiger partial charge on any atom is -0.309 e. The van der Waals surface area contributed by atoms with E-state index in [2.05, 4.69) is 51.5 Å². The van der Waals surface area contributed by atoms with Gasteiger partial charge in [-0.1, -0.05) is 41.6 Å². The molecule has 5 rings (SSSR count). The molecule has 0 saturated heterocycles. The van der Waals surface area contributed by atoms with Crippen LogP contribution in [0.15, 0.2) is 52.3 Å². The summed E-state index contributed by atoms with van der Waals surface area (Å²) in [5.41, 5.74) is 5.03. The lowest BCUT2D eigenvalue weighted by Gasteiger charge is -2.05. The van der Waals surface area contributed by atoms with Crippen LogP contribution in [0.25, 0.3) is 27.2 Å². The third kappa shape index (κ3) is 4.21. The van der Waals surface area contributed by atoms with E-state index in [4.69, 9.17) is 4.98 Å². The number of nitrogens with one attached hydrogen (secondary N) is 1. The van der Waals surface area contributed by atoms with Gasteiger partial charge in [0.15, 0.2) is 5.82 Å². The molecule has 0 aliphatic carbocycles. The molecular weight excluding hydrogens is 452 g/mol. The van der Waals surface area contributed by atoms with Crippen LogP contribution in [0.2, 0.25) is 0 Å². The molecule has 0 saturated carbocycles. The number of benzene rings is 1. The summed E-state index contributed by atoms with van der Waals surface area (Å²) in [7, 11) is 0. The van der Waals surface area contributed by atoms with Crippen LogP contribution in [-0.2, 0) is 5.75 Å². The Hall–Kier alpha value is -3.30. The number of aromatic nitrogens is 6. The maximum absolute atomic E-state index is 13.0. The Morgan fingerprint density at radius 1 is 1.03 bits per heavy atom. The van der Waals surface area contributed by atoms with Gasteiger partial charge >= 0.3 is 0 Å². The van der Waals surface area contributed by atoms with Crippen LogP contribution in [0.4, 0.5) is 0 Å². The number of hydrogen-bond donors (Lipinski definition) is 1. The molecule has 166 valence electrons. The zero-order valence-corrected chi connectivity index (χ0v) is 20.3. The number of H-pyrrole nitrogens is 1. The number of thioether (sulfide) groups is 1. The molecule has 0 bridgehead atoms. The first-order chi connectivity index (χ1) is 15.9.